The van der Waals surface area contributed by atoms with Gasteiger partial charge in [-0.3, -0.25) is 9.59 Å². The molecule has 1 aliphatic carbocycles. The van der Waals surface area contributed by atoms with Crippen molar-refractivity contribution in [1.29, 1.82) is 0 Å². The first-order chi connectivity index (χ1) is 11.9. The summed E-state index contributed by atoms with van der Waals surface area (Å²) in [6.45, 7) is -2.04. The largest absolute Gasteiger partial charge is 0.481 e. The molecule has 2 fully saturated rings. The third kappa shape index (κ3) is 3.60. The number of hydrogen-bond donors (Lipinski definition) is 1. The van der Waals surface area contributed by atoms with E-state index in [1.54, 1.807) is 17.0 Å². The molecule has 1 aromatic carbocycles. The predicted molar refractivity (Wildman–Crippen MR) is 85.4 cm³/mol. The van der Waals surface area contributed by atoms with Crippen molar-refractivity contribution in [2.75, 3.05) is 13.1 Å². The molecular weight excluding hydrogens is 332 g/mol. The Balaban J connectivity index is 1.54. The van der Waals surface area contributed by atoms with Crippen LogP contribution in [0.1, 0.15) is 31.2 Å². The minimum absolute atomic E-state index is 0.0528. The lowest BCUT2D eigenvalue weighted by Gasteiger charge is -2.23. The zero-order chi connectivity index (χ0) is 18.0. The van der Waals surface area contributed by atoms with Gasteiger partial charge in [-0.15, -0.1) is 0 Å². The molecule has 1 N–H and O–H groups in total. The van der Waals surface area contributed by atoms with Crippen molar-refractivity contribution in [2.45, 2.75) is 38.7 Å². The first kappa shape index (κ1) is 17.6. The fraction of sp³-hybridized carbons (Fsp3) is 0.556. The van der Waals surface area contributed by atoms with E-state index in [9.17, 15) is 23.5 Å². The predicted octanol–water partition coefficient (Wildman–Crippen LogP) is 2.93. The Bertz CT molecular complexity index is 649. The standard InChI is InChI=1S/C18H21F2NO4/c19-17(20)25-14-6-3-12(4-7-14)5-8-15(22)21-10-13-2-1-9-18(13,11-21)16(23)24/h3-4,6-7,13,17H,1-2,5,8-11H2,(H,23,24)/t13-,18+/m0/s1. The zero-order valence-electron chi connectivity index (χ0n) is 13.8. The van der Waals surface area contributed by atoms with Gasteiger partial charge >= 0.3 is 12.6 Å². The highest BCUT2D eigenvalue weighted by atomic mass is 19.3. The Morgan fingerprint density at radius 1 is 1.32 bits per heavy atom. The number of carboxylic acid groups (broad SMARTS) is 1. The number of likely N-dealkylation sites (tertiary alicyclic amines) is 1. The lowest BCUT2D eigenvalue weighted by molar-refractivity contribution is -0.149. The number of aryl methyl sites for hydroxylation is 1. The third-order valence-electron chi connectivity index (χ3n) is 5.43. The molecule has 1 saturated heterocycles. The summed E-state index contributed by atoms with van der Waals surface area (Å²) in [5.74, 6) is -0.705. The Hall–Kier alpha value is -2.18. The van der Waals surface area contributed by atoms with Crippen LogP contribution in [0.4, 0.5) is 8.78 Å². The minimum atomic E-state index is -2.86. The lowest BCUT2D eigenvalue weighted by atomic mass is 9.81. The Kier molecular flexibility index (Phi) is 4.92. The summed E-state index contributed by atoms with van der Waals surface area (Å²) in [7, 11) is 0. The number of benzene rings is 1. The summed E-state index contributed by atoms with van der Waals surface area (Å²) in [6.07, 6.45) is 3.17. The Morgan fingerprint density at radius 2 is 2.04 bits per heavy atom. The summed E-state index contributed by atoms with van der Waals surface area (Å²) < 4.78 is 28.5. The monoisotopic (exact) mass is 353 g/mol. The number of hydrogen-bond acceptors (Lipinski definition) is 3. The number of alkyl halides is 2. The third-order valence-corrected chi connectivity index (χ3v) is 5.43. The molecule has 1 heterocycles. The maximum atomic E-state index is 12.4. The zero-order valence-corrected chi connectivity index (χ0v) is 13.8. The highest BCUT2D eigenvalue weighted by Crippen LogP contribution is 2.49. The number of aliphatic carboxylic acids is 1. The number of halogens is 2. The van der Waals surface area contributed by atoms with E-state index in [0.29, 0.717) is 25.9 Å². The smallest absolute Gasteiger partial charge is 0.387 e. The number of rotatable bonds is 6. The molecule has 136 valence electrons. The van der Waals surface area contributed by atoms with Crippen molar-refractivity contribution in [3.8, 4) is 5.75 Å². The van der Waals surface area contributed by atoms with Crippen LogP contribution in [-0.4, -0.2) is 41.6 Å². The maximum absolute atomic E-state index is 12.4. The minimum Gasteiger partial charge on any atom is -0.481 e. The lowest BCUT2D eigenvalue weighted by Crippen LogP contribution is -2.37. The first-order valence-electron chi connectivity index (χ1n) is 8.45. The van der Waals surface area contributed by atoms with E-state index in [2.05, 4.69) is 4.74 Å². The molecule has 1 aliphatic heterocycles. The molecular formula is C18H21F2NO4. The van der Waals surface area contributed by atoms with Crippen LogP contribution in [0.15, 0.2) is 24.3 Å². The Labute approximate surface area is 144 Å². The van der Waals surface area contributed by atoms with Crippen LogP contribution in [-0.2, 0) is 16.0 Å². The summed E-state index contributed by atoms with van der Waals surface area (Å²) in [5.41, 5.74) is 0.0894. The van der Waals surface area contributed by atoms with Crippen LogP contribution >= 0.6 is 0 Å². The SMILES string of the molecule is O=C(CCc1ccc(OC(F)F)cc1)N1C[C@@H]2CCC[C@@]2(C(=O)O)C1. The highest BCUT2D eigenvalue weighted by Gasteiger charge is 2.55. The molecule has 5 nitrogen and oxygen atoms in total. The van der Waals surface area contributed by atoms with Crippen LogP contribution < -0.4 is 4.74 Å². The second-order valence-corrected chi connectivity index (χ2v) is 6.85. The molecule has 2 atom stereocenters. The number of ether oxygens (including phenoxy) is 1. The molecule has 0 bridgehead atoms. The summed E-state index contributed by atoms with van der Waals surface area (Å²) in [6, 6.07) is 6.21. The maximum Gasteiger partial charge on any atom is 0.387 e. The summed E-state index contributed by atoms with van der Waals surface area (Å²) in [4.78, 5) is 25.8. The van der Waals surface area contributed by atoms with Gasteiger partial charge in [0.25, 0.3) is 0 Å². The van der Waals surface area contributed by atoms with Crippen molar-refractivity contribution in [3.63, 3.8) is 0 Å². The molecule has 0 aromatic heterocycles. The molecule has 2 aliphatic rings. The van der Waals surface area contributed by atoms with Crippen LogP contribution in [0.3, 0.4) is 0 Å². The van der Waals surface area contributed by atoms with E-state index >= 15 is 0 Å². The van der Waals surface area contributed by atoms with Crippen molar-refractivity contribution in [2.24, 2.45) is 11.3 Å². The van der Waals surface area contributed by atoms with Gasteiger partial charge in [0.1, 0.15) is 5.75 Å². The number of carbonyl (C=O) groups is 2. The van der Waals surface area contributed by atoms with Gasteiger partial charge in [0.2, 0.25) is 5.91 Å². The van der Waals surface area contributed by atoms with Crippen LogP contribution in [0.5, 0.6) is 5.75 Å². The average molecular weight is 353 g/mol. The molecule has 1 amide bonds. The van der Waals surface area contributed by atoms with Gasteiger partial charge < -0.3 is 14.7 Å². The van der Waals surface area contributed by atoms with Crippen LogP contribution in [0.25, 0.3) is 0 Å². The second-order valence-electron chi connectivity index (χ2n) is 6.85. The first-order valence-corrected chi connectivity index (χ1v) is 8.45. The molecule has 0 radical (unpaired) electrons. The fourth-order valence-corrected chi connectivity index (χ4v) is 4.08. The van der Waals surface area contributed by atoms with Gasteiger partial charge in [0, 0.05) is 19.5 Å². The van der Waals surface area contributed by atoms with Crippen molar-refractivity contribution in [1.82, 2.24) is 4.90 Å². The fourth-order valence-electron chi connectivity index (χ4n) is 4.08. The molecule has 7 heteroatoms. The highest BCUT2D eigenvalue weighted by molar-refractivity contribution is 5.81. The van der Waals surface area contributed by atoms with Crippen LogP contribution in [0, 0.1) is 11.3 Å². The number of fused-ring (bicyclic) bond motifs is 1. The molecule has 1 aromatic rings. The topological polar surface area (TPSA) is 66.8 Å². The second kappa shape index (κ2) is 6.98. The molecule has 0 spiro atoms. The van der Waals surface area contributed by atoms with Gasteiger partial charge in [0.05, 0.1) is 5.41 Å². The van der Waals surface area contributed by atoms with E-state index in [1.807, 2.05) is 0 Å². The van der Waals surface area contributed by atoms with Crippen molar-refractivity contribution < 1.29 is 28.2 Å². The quantitative estimate of drug-likeness (QED) is 0.854. The summed E-state index contributed by atoms with van der Waals surface area (Å²) in [5, 5.41) is 9.57. The molecule has 0 unspecified atom stereocenters. The molecule has 1 saturated carbocycles. The van der Waals surface area contributed by atoms with E-state index in [1.165, 1.54) is 12.1 Å². The number of carbonyl (C=O) groups excluding carboxylic acids is 1. The van der Waals surface area contributed by atoms with Crippen molar-refractivity contribution >= 4 is 11.9 Å². The van der Waals surface area contributed by atoms with Gasteiger partial charge in [-0.2, -0.15) is 8.78 Å². The summed E-state index contributed by atoms with van der Waals surface area (Å²) >= 11 is 0. The number of amides is 1. The van der Waals surface area contributed by atoms with Gasteiger partial charge in [0.15, 0.2) is 0 Å². The van der Waals surface area contributed by atoms with Gasteiger partial charge in [-0.25, -0.2) is 0 Å². The van der Waals surface area contributed by atoms with E-state index in [0.717, 1.165) is 18.4 Å². The average Bonchev–Trinajstić information content (AvgIpc) is 3.11. The number of nitrogens with zero attached hydrogens (tertiary/aromatic N) is 1. The van der Waals surface area contributed by atoms with Crippen molar-refractivity contribution in [3.05, 3.63) is 29.8 Å². The van der Waals surface area contributed by atoms with Gasteiger partial charge in [-0.05, 0) is 42.9 Å². The Morgan fingerprint density at radius 3 is 2.64 bits per heavy atom. The number of carboxylic acids is 1. The van der Waals surface area contributed by atoms with E-state index < -0.39 is 18.0 Å². The van der Waals surface area contributed by atoms with Crippen LogP contribution in [0.2, 0.25) is 0 Å². The van der Waals surface area contributed by atoms with E-state index in [4.69, 9.17) is 0 Å². The molecule has 3 rings (SSSR count). The van der Waals surface area contributed by atoms with E-state index in [-0.39, 0.29) is 24.0 Å². The van der Waals surface area contributed by atoms with Gasteiger partial charge in [-0.1, -0.05) is 18.6 Å². The molecule has 25 heavy (non-hydrogen) atoms. The normalized spacial score (nSPS) is 25.2.